The molecule has 1 heterocycles. The lowest BCUT2D eigenvalue weighted by atomic mass is 9.83. The van der Waals surface area contributed by atoms with Crippen LogP contribution >= 0.6 is 0 Å². The van der Waals surface area contributed by atoms with E-state index in [-0.39, 0.29) is 17.7 Å². The summed E-state index contributed by atoms with van der Waals surface area (Å²) in [5.74, 6) is 0.292. The molecule has 0 radical (unpaired) electrons. The van der Waals surface area contributed by atoms with Crippen molar-refractivity contribution < 1.29 is 9.59 Å². The van der Waals surface area contributed by atoms with Crippen LogP contribution < -0.4 is 5.32 Å². The Morgan fingerprint density at radius 1 is 1.07 bits per heavy atom. The first-order valence-corrected chi connectivity index (χ1v) is 10.4. The van der Waals surface area contributed by atoms with Gasteiger partial charge in [-0.1, -0.05) is 54.6 Å². The van der Waals surface area contributed by atoms with Gasteiger partial charge in [-0.3, -0.25) is 9.59 Å². The smallest absolute Gasteiger partial charge is 0.225 e. The fourth-order valence-corrected chi connectivity index (χ4v) is 4.51. The van der Waals surface area contributed by atoms with E-state index in [1.54, 1.807) is 0 Å². The van der Waals surface area contributed by atoms with E-state index in [4.69, 9.17) is 0 Å². The SMILES string of the molecule is O=C(NCC1CCCc2ccccc21)C1CC(=O)N(CCc2ccccc2)C1. The summed E-state index contributed by atoms with van der Waals surface area (Å²) < 4.78 is 0. The van der Waals surface area contributed by atoms with Gasteiger partial charge in [-0.05, 0) is 42.4 Å². The third-order valence-corrected chi connectivity index (χ3v) is 6.11. The highest BCUT2D eigenvalue weighted by atomic mass is 16.2. The van der Waals surface area contributed by atoms with Crippen molar-refractivity contribution in [3.8, 4) is 0 Å². The van der Waals surface area contributed by atoms with Gasteiger partial charge in [0.1, 0.15) is 0 Å². The van der Waals surface area contributed by atoms with Gasteiger partial charge < -0.3 is 10.2 Å². The van der Waals surface area contributed by atoms with Crippen LogP contribution in [0, 0.1) is 5.92 Å². The number of fused-ring (bicyclic) bond motifs is 1. The fourth-order valence-electron chi connectivity index (χ4n) is 4.51. The van der Waals surface area contributed by atoms with Crippen molar-refractivity contribution in [2.45, 2.75) is 38.0 Å². The van der Waals surface area contributed by atoms with Gasteiger partial charge in [0.2, 0.25) is 11.8 Å². The minimum Gasteiger partial charge on any atom is -0.355 e. The Kier molecular flexibility index (Phi) is 5.75. The second-order valence-corrected chi connectivity index (χ2v) is 8.01. The first kappa shape index (κ1) is 18.7. The summed E-state index contributed by atoms with van der Waals surface area (Å²) in [5.41, 5.74) is 4.01. The van der Waals surface area contributed by atoms with Gasteiger partial charge in [-0.15, -0.1) is 0 Å². The largest absolute Gasteiger partial charge is 0.355 e. The minimum absolute atomic E-state index is 0.0265. The minimum atomic E-state index is -0.220. The Bertz CT molecular complexity index is 834. The van der Waals surface area contributed by atoms with E-state index in [0.717, 1.165) is 19.3 Å². The zero-order chi connectivity index (χ0) is 19.3. The van der Waals surface area contributed by atoms with Crippen LogP contribution in [0.25, 0.3) is 0 Å². The lowest BCUT2D eigenvalue weighted by molar-refractivity contribution is -0.129. The second kappa shape index (κ2) is 8.59. The van der Waals surface area contributed by atoms with Crippen molar-refractivity contribution in [2.75, 3.05) is 19.6 Å². The zero-order valence-electron chi connectivity index (χ0n) is 16.3. The highest BCUT2D eigenvalue weighted by Gasteiger charge is 2.34. The van der Waals surface area contributed by atoms with Crippen LogP contribution in [0.3, 0.4) is 0 Å². The topological polar surface area (TPSA) is 49.4 Å². The standard InChI is InChI=1S/C24H28N2O2/c27-23-15-21(17-26(23)14-13-18-7-2-1-3-8-18)24(28)25-16-20-11-6-10-19-9-4-5-12-22(19)20/h1-5,7-9,12,20-21H,6,10-11,13-17H2,(H,25,28). The maximum atomic E-state index is 12.7. The van der Waals surface area contributed by atoms with E-state index in [1.807, 2.05) is 23.1 Å². The molecular weight excluding hydrogens is 348 g/mol. The molecule has 1 saturated heterocycles. The molecule has 4 nitrogen and oxygen atoms in total. The van der Waals surface area contributed by atoms with Crippen LogP contribution in [0.4, 0.5) is 0 Å². The number of hydrogen-bond acceptors (Lipinski definition) is 2. The van der Waals surface area contributed by atoms with Gasteiger partial charge >= 0.3 is 0 Å². The summed E-state index contributed by atoms with van der Waals surface area (Å²) in [7, 11) is 0. The molecule has 2 atom stereocenters. The van der Waals surface area contributed by atoms with E-state index in [9.17, 15) is 9.59 Å². The molecule has 1 N–H and O–H groups in total. The van der Waals surface area contributed by atoms with Crippen LogP contribution in [0.2, 0.25) is 0 Å². The number of carbonyl (C=O) groups is 2. The van der Waals surface area contributed by atoms with Gasteiger partial charge in [0.25, 0.3) is 0 Å². The van der Waals surface area contributed by atoms with Crippen molar-refractivity contribution in [1.82, 2.24) is 10.2 Å². The van der Waals surface area contributed by atoms with Crippen LogP contribution in [-0.2, 0) is 22.4 Å². The number of hydrogen-bond donors (Lipinski definition) is 1. The molecule has 0 spiro atoms. The summed E-state index contributed by atoms with van der Waals surface area (Å²) in [5, 5.41) is 3.13. The normalized spacial score (nSPS) is 21.4. The molecule has 2 aliphatic rings. The molecule has 4 heteroatoms. The molecule has 0 aromatic heterocycles. The van der Waals surface area contributed by atoms with Gasteiger partial charge in [0.15, 0.2) is 0 Å². The van der Waals surface area contributed by atoms with E-state index in [1.165, 1.54) is 23.1 Å². The molecule has 146 valence electrons. The van der Waals surface area contributed by atoms with E-state index >= 15 is 0 Å². The molecule has 2 aromatic carbocycles. The molecule has 2 amide bonds. The van der Waals surface area contributed by atoms with Gasteiger partial charge in [-0.25, -0.2) is 0 Å². The fraction of sp³-hybridized carbons (Fsp3) is 0.417. The van der Waals surface area contributed by atoms with Crippen LogP contribution in [0.5, 0.6) is 0 Å². The average Bonchev–Trinajstić information content (AvgIpc) is 3.12. The Morgan fingerprint density at radius 3 is 2.71 bits per heavy atom. The van der Waals surface area contributed by atoms with E-state index in [2.05, 4.69) is 41.7 Å². The lowest BCUT2D eigenvalue weighted by Crippen LogP contribution is -2.36. The number of carbonyl (C=O) groups excluding carboxylic acids is 2. The van der Waals surface area contributed by atoms with Crippen LogP contribution in [0.1, 0.15) is 41.9 Å². The molecule has 2 aromatic rings. The van der Waals surface area contributed by atoms with Crippen molar-refractivity contribution in [1.29, 1.82) is 0 Å². The predicted molar refractivity (Wildman–Crippen MR) is 110 cm³/mol. The highest BCUT2D eigenvalue weighted by Crippen LogP contribution is 2.31. The lowest BCUT2D eigenvalue weighted by Gasteiger charge is -2.26. The number of aryl methyl sites for hydroxylation is 1. The molecular formula is C24H28N2O2. The maximum absolute atomic E-state index is 12.7. The van der Waals surface area contributed by atoms with Crippen molar-refractivity contribution in [2.24, 2.45) is 5.92 Å². The molecule has 0 bridgehead atoms. The predicted octanol–water partition coefficient (Wildman–Crippen LogP) is 3.31. The van der Waals surface area contributed by atoms with Gasteiger partial charge in [0.05, 0.1) is 5.92 Å². The third-order valence-electron chi connectivity index (χ3n) is 6.11. The van der Waals surface area contributed by atoms with Gasteiger partial charge in [-0.2, -0.15) is 0 Å². The Hall–Kier alpha value is -2.62. The van der Waals surface area contributed by atoms with E-state index < -0.39 is 0 Å². The summed E-state index contributed by atoms with van der Waals surface area (Å²) in [6.07, 6.45) is 4.59. The number of amides is 2. The molecule has 1 fully saturated rings. The van der Waals surface area contributed by atoms with E-state index in [0.29, 0.717) is 32.0 Å². The second-order valence-electron chi connectivity index (χ2n) is 8.01. The highest BCUT2D eigenvalue weighted by molar-refractivity contribution is 5.89. The molecule has 1 aliphatic carbocycles. The summed E-state index contributed by atoms with van der Waals surface area (Å²) >= 11 is 0. The van der Waals surface area contributed by atoms with Crippen molar-refractivity contribution >= 4 is 11.8 Å². The Labute approximate surface area is 166 Å². The number of nitrogens with zero attached hydrogens (tertiary/aromatic N) is 1. The molecule has 0 saturated carbocycles. The number of benzene rings is 2. The summed E-state index contributed by atoms with van der Waals surface area (Å²) in [6.45, 7) is 1.89. The first-order valence-electron chi connectivity index (χ1n) is 10.4. The van der Waals surface area contributed by atoms with Crippen molar-refractivity contribution in [3.05, 3.63) is 71.3 Å². The van der Waals surface area contributed by atoms with Crippen LogP contribution in [-0.4, -0.2) is 36.3 Å². The summed E-state index contributed by atoms with van der Waals surface area (Å²) in [4.78, 5) is 26.8. The van der Waals surface area contributed by atoms with Crippen LogP contribution in [0.15, 0.2) is 54.6 Å². The molecule has 1 aliphatic heterocycles. The first-order chi connectivity index (χ1) is 13.7. The van der Waals surface area contributed by atoms with Crippen molar-refractivity contribution in [3.63, 3.8) is 0 Å². The van der Waals surface area contributed by atoms with Gasteiger partial charge in [0, 0.05) is 32.0 Å². The number of nitrogens with one attached hydrogen (secondary N) is 1. The maximum Gasteiger partial charge on any atom is 0.225 e. The summed E-state index contributed by atoms with van der Waals surface area (Å²) in [6, 6.07) is 18.7. The Balaban J connectivity index is 1.28. The molecule has 4 rings (SSSR count). The Morgan fingerprint density at radius 2 is 1.86 bits per heavy atom. The molecule has 2 unspecified atom stereocenters. The average molecular weight is 377 g/mol. The monoisotopic (exact) mass is 376 g/mol. The zero-order valence-corrected chi connectivity index (χ0v) is 16.3. The third kappa shape index (κ3) is 4.27. The number of rotatable bonds is 6. The molecule has 28 heavy (non-hydrogen) atoms. The quantitative estimate of drug-likeness (QED) is 0.841. The number of likely N-dealkylation sites (tertiary alicyclic amines) is 1.